The first-order chi connectivity index (χ1) is 10.4. The van der Waals surface area contributed by atoms with Gasteiger partial charge in [0.25, 0.3) is 6.43 Å². The zero-order valence-corrected chi connectivity index (χ0v) is 12.4. The molecule has 0 saturated heterocycles. The maximum absolute atomic E-state index is 12.7. The van der Waals surface area contributed by atoms with Gasteiger partial charge in [0, 0.05) is 12.8 Å². The first kappa shape index (κ1) is 18.0. The van der Waals surface area contributed by atoms with Crippen LogP contribution in [0.2, 0.25) is 0 Å². The standard InChI is InChI=1S/C16H20F2N2O2/c1-12(10-13-6-3-2-4-7-13)11-20-9-5-8-16(19,14(17)18)15(21)22/h2-4,6-7,10-11,14H,5,8-9,19H2,1H3,(H,21,22). The van der Waals surface area contributed by atoms with E-state index in [0.717, 1.165) is 11.1 Å². The number of allylic oxidation sites excluding steroid dienone is 1. The molecule has 0 amide bonds. The van der Waals surface area contributed by atoms with Crippen LogP contribution in [-0.2, 0) is 4.79 Å². The Bertz CT molecular complexity index is 544. The summed E-state index contributed by atoms with van der Waals surface area (Å²) in [6, 6.07) is 9.68. The van der Waals surface area contributed by atoms with E-state index in [0.29, 0.717) is 0 Å². The van der Waals surface area contributed by atoms with Crippen molar-refractivity contribution in [1.29, 1.82) is 0 Å². The molecule has 0 saturated carbocycles. The summed E-state index contributed by atoms with van der Waals surface area (Å²) in [5.41, 5.74) is 4.67. The highest BCUT2D eigenvalue weighted by Gasteiger charge is 2.43. The molecule has 0 bridgehead atoms. The second kappa shape index (κ2) is 8.38. The fraction of sp³-hybridized carbons (Fsp3) is 0.375. The number of rotatable bonds is 8. The van der Waals surface area contributed by atoms with E-state index in [1.165, 1.54) is 0 Å². The average Bonchev–Trinajstić information content (AvgIpc) is 2.47. The minimum Gasteiger partial charge on any atom is -0.480 e. The van der Waals surface area contributed by atoms with E-state index in [9.17, 15) is 13.6 Å². The highest BCUT2D eigenvalue weighted by atomic mass is 19.3. The summed E-state index contributed by atoms with van der Waals surface area (Å²) in [5.74, 6) is -1.69. The largest absolute Gasteiger partial charge is 0.480 e. The van der Waals surface area contributed by atoms with Crippen LogP contribution in [0, 0.1) is 0 Å². The smallest absolute Gasteiger partial charge is 0.329 e. The topological polar surface area (TPSA) is 75.7 Å². The fourth-order valence-electron chi connectivity index (χ4n) is 1.83. The maximum Gasteiger partial charge on any atom is 0.329 e. The first-order valence-corrected chi connectivity index (χ1v) is 6.90. The van der Waals surface area contributed by atoms with Crippen LogP contribution < -0.4 is 5.73 Å². The molecular weight excluding hydrogens is 290 g/mol. The quantitative estimate of drug-likeness (QED) is 0.572. The van der Waals surface area contributed by atoms with Gasteiger partial charge in [0.2, 0.25) is 0 Å². The highest BCUT2D eigenvalue weighted by Crippen LogP contribution is 2.19. The monoisotopic (exact) mass is 310 g/mol. The number of benzene rings is 1. The van der Waals surface area contributed by atoms with Gasteiger partial charge in [-0.15, -0.1) is 0 Å². The second-order valence-corrected chi connectivity index (χ2v) is 5.08. The number of halogens is 2. The van der Waals surface area contributed by atoms with Gasteiger partial charge in [-0.05, 0) is 30.9 Å². The van der Waals surface area contributed by atoms with Gasteiger partial charge in [-0.3, -0.25) is 4.99 Å². The van der Waals surface area contributed by atoms with E-state index in [1.54, 1.807) is 6.21 Å². The molecule has 0 aliphatic heterocycles. The van der Waals surface area contributed by atoms with Gasteiger partial charge < -0.3 is 10.8 Å². The molecule has 3 N–H and O–H groups in total. The van der Waals surface area contributed by atoms with E-state index in [1.807, 2.05) is 43.3 Å². The van der Waals surface area contributed by atoms with E-state index >= 15 is 0 Å². The summed E-state index contributed by atoms with van der Waals surface area (Å²) < 4.78 is 25.3. The number of aliphatic carboxylic acids is 1. The van der Waals surface area contributed by atoms with Crippen LogP contribution in [0.5, 0.6) is 0 Å². The van der Waals surface area contributed by atoms with Crippen molar-refractivity contribution >= 4 is 18.3 Å². The van der Waals surface area contributed by atoms with Crippen molar-refractivity contribution in [3.63, 3.8) is 0 Å². The molecule has 1 rings (SSSR count). The third kappa shape index (κ3) is 5.37. The van der Waals surface area contributed by atoms with Gasteiger partial charge in [-0.1, -0.05) is 36.4 Å². The van der Waals surface area contributed by atoms with Crippen molar-refractivity contribution in [2.75, 3.05) is 6.54 Å². The van der Waals surface area contributed by atoms with Crippen molar-refractivity contribution in [3.8, 4) is 0 Å². The summed E-state index contributed by atoms with van der Waals surface area (Å²) in [7, 11) is 0. The van der Waals surface area contributed by atoms with Crippen molar-refractivity contribution in [2.24, 2.45) is 10.7 Å². The molecule has 0 aliphatic carbocycles. The summed E-state index contributed by atoms with van der Waals surface area (Å²) in [6.07, 6.45) is 0.330. The van der Waals surface area contributed by atoms with Crippen LogP contribution in [0.1, 0.15) is 25.3 Å². The van der Waals surface area contributed by atoms with Crippen LogP contribution in [0.3, 0.4) is 0 Å². The van der Waals surface area contributed by atoms with Gasteiger partial charge >= 0.3 is 5.97 Å². The molecule has 0 radical (unpaired) electrons. The van der Waals surface area contributed by atoms with Gasteiger partial charge in [-0.25, -0.2) is 13.6 Å². The molecule has 6 heteroatoms. The molecular formula is C16H20F2N2O2. The number of carboxylic acids is 1. The number of aliphatic imine (C=N–C) groups is 1. The van der Waals surface area contributed by atoms with Crippen LogP contribution in [0.15, 0.2) is 40.9 Å². The molecule has 0 fully saturated rings. The predicted molar refractivity (Wildman–Crippen MR) is 83.2 cm³/mol. The molecule has 1 aromatic rings. The fourth-order valence-corrected chi connectivity index (χ4v) is 1.83. The van der Waals surface area contributed by atoms with Crippen molar-refractivity contribution < 1.29 is 18.7 Å². The lowest BCUT2D eigenvalue weighted by Gasteiger charge is -2.22. The summed E-state index contributed by atoms with van der Waals surface area (Å²) in [6.45, 7) is 2.12. The molecule has 0 aromatic heterocycles. The molecule has 1 unspecified atom stereocenters. The van der Waals surface area contributed by atoms with E-state index in [2.05, 4.69) is 4.99 Å². The Morgan fingerprint density at radius 3 is 2.59 bits per heavy atom. The Morgan fingerprint density at radius 1 is 1.41 bits per heavy atom. The van der Waals surface area contributed by atoms with Crippen LogP contribution in [0.25, 0.3) is 6.08 Å². The first-order valence-electron chi connectivity index (χ1n) is 6.90. The predicted octanol–water partition coefficient (Wildman–Crippen LogP) is 2.99. The third-order valence-electron chi connectivity index (χ3n) is 3.15. The molecule has 0 aliphatic rings. The van der Waals surface area contributed by atoms with Crippen LogP contribution in [-0.4, -0.2) is 35.8 Å². The number of alkyl halides is 2. The number of hydrogen-bond donors (Lipinski definition) is 2. The van der Waals surface area contributed by atoms with Crippen molar-refractivity contribution in [1.82, 2.24) is 0 Å². The molecule has 22 heavy (non-hydrogen) atoms. The summed E-state index contributed by atoms with van der Waals surface area (Å²) in [4.78, 5) is 14.9. The zero-order chi connectivity index (χ0) is 16.6. The molecule has 120 valence electrons. The SMILES string of the molecule is CC(C=NCCCC(N)(C(=O)O)C(F)F)=Cc1ccccc1. The summed E-state index contributed by atoms with van der Waals surface area (Å²) in [5, 5.41) is 8.76. The highest BCUT2D eigenvalue weighted by molar-refractivity contribution is 5.84. The van der Waals surface area contributed by atoms with Crippen LogP contribution in [0.4, 0.5) is 8.78 Å². The lowest BCUT2D eigenvalue weighted by atomic mass is 9.95. The minimum atomic E-state index is -3.10. The molecule has 0 heterocycles. The van der Waals surface area contributed by atoms with Gasteiger partial charge in [0.1, 0.15) is 0 Å². The van der Waals surface area contributed by atoms with E-state index < -0.39 is 17.9 Å². The Kier molecular flexibility index (Phi) is 6.85. The molecule has 4 nitrogen and oxygen atoms in total. The Labute approximate surface area is 128 Å². The lowest BCUT2D eigenvalue weighted by molar-refractivity contribution is -0.150. The number of hydrogen-bond acceptors (Lipinski definition) is 3. The van der Waals surface area contributed by atoms with Crippen LogP contribution >= 0.6 is 0 Å². The zero-order valence-electron chi connectivity index (χ0n) is 12.4. The number of nitrogens with zero attached hydrogens (tertiary/aromatic N) is 1. The van der Waals surface area contributed by atoms with Gasteiger partial charge in [0.05, 0.1) is 0 Å². The normalized spacial score (nSPS) is 15.2. The van der Waals surface area contributed by atoms with Gasteiger partial charge in [0.15, 0.2) is 5.54 Å². The van der Waals surface area contributed by atoms with E-state index in [4.69, 9.17) is 10.8 Å². The second-order valence-electron chi connectivity index (χ2n) is 5.08. The van der Waals surface area contributed by atoms with Crippen molar-refractivity contribution in [2.45, 2.75) is 31.7 Å². The van der Waals surface area contributed by atoms with Crippen molar-refractivity contribution in [3.05, 3.63) is 41.5 Å². The Morgan fingerprint density at radius 2 is 2.05 bits per heavy atom. The Balaban J connectivity index is 2.47. The van der Waals surface area contributed by atoms with Gasteiger partial charge in [-0.2, -0.15) is 0 Å². The number of carbonyl (C=O) groups is 1. The summed E-state index contributed by atoms with van der Waals surface area (Å²) >= 11 is 0. The average molecular weight is 310 g/mol. The molecule has 1 aromatic carbocycles. The molecule has 0 spiro atoms. The lowest BCUT2D eigenvalue weighted by Crippen LogP contribution is -2.54. The van der Waals surface area contributed by atoms with E-state index in [-0.39, 0.29) is 19.4 Å². The third-order valence-corrected chi connectivity index (χ3v) is 3.15. The Hall–Kier alpha value is -2.08. The molecule has 1 atom stereocenters. The number of nitrogens with two attached hydrogens (primary N) is 1. The maximum atomic E-state index is 12.7. The minimum absolute atomic E-state index is 0.183. The number of carboxylic acid groups (broad SMARTS) is 1.